The van der Waals surface area contributed by atoms with Crippen LogP contribution >= 0.6 is 23.2 Å². The summed E-state index contributed by atoms with van der Waals surface area (Å²) >= 11 is 12.0. The van der Waals surface area contributed by atoms with Gasteiger partial charge in [0, 0.05) is 37.1 Å². The minimum absolute atomic E-state index is 0.0347. The zero-order valence-corrected chi connectivity index (χ0v) is 13.7. The number of nitrogens with one attached hydrogen (secondary N) is 2. The van der Waals surface area contributed by atoms with Gasteiger partial charge in [-0.05, 0) is 31.2 Å². The summed E-state index contributed by atoms with van der Waals surface area (Å²) in [7, 11) is 0. The average Bonchev–Trinajstić information content (AvgIpc) is 2.38. The summed E-state index contributed by atoms with van der Waals surface area (Å²) in [5.41, 5.74) is 0.571. The first-order valence-corrected chi connectivity index (χ1v) is 8.05. The van der Waals surface area contributed by atoms with Gasteiger partial charge in [0.2, 0.25) is 5.91 Å². The van der Waals surface area contributed by atoms with Crippen molar-refractivity contribution in [2.24, 2.45) is 0 Å². The molecule has 4 nitrogen and oxygen atoms in total. The van der Waals surface area contributed by atoms with E-state index in [0.29, 0.717) is 28.2 Å². The van der Waals surface area contributed by atoms with Crippen molar-refractivity contribution in [3.8, 4) is 0 Å². The predicted molar refractivity (Wildman–Crippen MR) is 88.2 cm³/mol. The van der Waals surface area contributed by atoms with Gasteiger partial charge in [0.25, 0.3) is 0 Å². The Kier molecular flexibility index (Phi) is 6.30. The van der Waals surface area contributed by atoms with Crippen molar-refractivity contribution in [2.45, 2.75) is 25.8 Å². The van der Waals surface area contributed by atoms with Gasteiger partial charge < -0.3 is 10.6 Å². The summed E-state index contributed by atoms with van der Waals surface area (Å²) in [6.07, 6.45) is 1.55. The maximum absolute atomic E-state index is 12.1. The number of carbonyl (C=O) groups is 1. The molecule has 0 aliphatic carbocycles. The van der Waals surface area contributed by atoms with E-state index in [9.17, 15) is 4.79 Å². The van der Waals surface area contributed by atoms with Crippen LogP contribution in [0.25, 0.3) is 0 Å². The zero-order chi connectivity index (χ0) is 15.2. The average molecular weight is 330 g/mol. The lowest BCUT2D eigenvalue weighted by Gasteiger charge is -2.38. The van der Waals surface area contributed by atoms with Gasteiger partial charge in [-0.3, -0.25) is 9.69 Å². The quantitative estimate of drug-likeness (QED) is 0.808. The largest absolute Gasteiger partial charge is 0.325 e. The van der Waals surface area contributed by atoms with E-state index in [2.05, 4.69) is 22.5 Å². The Balaban J connectivity index is 1.84. The van der Waals surface area contributed by atoms with Crippen LogP contribution in [-0.4, -0.2) is 43.0 Å². The fraction of sp³-hybridized carbons (Fsp3) is 0.533. The highest BCUT2D eigenvalue weighted by molar-refractivity contribution is 6.35. The van der Waals surface area contributed by atoms with Crippen LogP contribution < -0.4 is 10.6 Å². The fourth-order valence-corrected chi connectivity index (χ4v) is 2.68. The molecule has 2 rings (SSSR count). The maximum Gasteiger partial charge on any atom is 0.225 e. The molecule has 0 aromatic heterocycles. The Morgan fingerprint density at radius 2 is 2.14 bits per heavy atom. The second-order valence-electron chi connectivity index (χ2n) is 5.27. The molecule has 0 spiro atoms. The van der Waals surface area contributed by atoms with Crippen LogP contribution in [0.4, 0.5) is 5.69 Å². The first kappa shape index (κ1) is 16.6. The molecule has 0 radical (unpaired) electrons. The van der Waals surface area contributed by atoms with Gasteiger partial charge in [0.05, 0.1) is 10.7 Å². The van der Waals surface area contributed by atoms with Crippen molar-refractivity contribution in [3.63, 3.8) is 0 Å². The molecule has 2 N–H and O–H groups in total. The third kappa shape index (κ3) is 4.85. The summed E-state index contributed by atoms with van der Waals surface area (Å²) in [5, 5.41) is 7.15. The van der Waals surface area contributed by atoms with E-state index in [-0.39, 0.29) is 5.91 Å². The molecule has 1 aliphatic rings. The molecule has 1 heterocycles. The molecule has 0 unspecified atom stereocenters. The van der Waals surface area contributed by atoms with E-state index in [1.165, 1.54) is 0 Å². The van der Waals surface area contributed by atoms with Crippen molar-refractivity contribution >= 4 is 34.8 Å². The molecule has 1 amide bonds. The smallest absolute Gasteiger partial charge is 0.225 e. The number of hydrogen-bond donors (Lipinski definition) is 2. The summed E-state index contributed by atoms with van der Waals surface area (Å²) in [6, 6.07) is 5.61. The highest BCUT2D eigenvalue weighted by Crippen LogP contribution is 2.25. The molecule has 1 aliphatic heterocycles. The summed E-state index contributed by atoms with van der Waals surface area (Å²) in [6.45, 7) is 5.98. The molecule has 0 bridgehead atoms. The second-order valence-corrected chi connectivity index (χ2v) is 6.11. The lowest BCUT2D eigenvalue weighted by Crippen LogP contribution is -2.57. The molecule has 1 aromatic carbocycles. The van der Waals surface area contributed by atoms with E-state index < -0.39 is 0 Å². The first-order valence-electron chi connectivity index (χ1n) is 7.30. The standard InChI is InChI=1S/C15H21Cl2N3O/c1-2-6-20(12-9-18-10-12)7-5-15(21)19-14-8-11(16)3-4-13(14)17/h3-4,8,12,18H,2,5-7,9-10H2,1H3,(H,19,21). The Hall–Kier alpha value is -0.810. The van der Waals surface area contributed by atoms with Crippen LogP contribution in [0.2, 0.25) is 10.0 Å². The lowest BCUT2D eigenvalue weighted by molar-refractivity contribution is -0.116. The number of nitrogens with zero attached hydrogens (tertiary/aromatic N) is 1. The molecule has 6 heteroatoms. The van der Waals surface area contributed by atoms with Gasteiger partial charge in [-0.25, -0.2) is 0 Å². The minimum Gasteiger partial charge on any atom is -0.325 e. The number of amides is 1. The van der Waals surface area contributed by atoms with Crippen molar-refractivity contribution in [1.82, 2.24) is 10.2 Å². The topological polar surface area (TPSA) is 44.4 Å². The number of hydrogen-bond acceptors (Lipinski definition) is 3. The van der Waals surface area contributed by atoms with Gasteiger partial charge in [-0.1, -0.05) is 30.1 Å². The van der Waals surface area contributed by atoms with Gasteiger partial charge in [0.15, 0.2) is 0 Å². The monoisotopic (exact) mass is 329 g/mol. The fourth-order valence-electron chi connectivity index (χ4n) is 2.35. The van der Waals surface area contributed by atoms with Gasteiger partial charge >= 0.3 is 0 Å². The van der Waals surface area contributed by atoms with Crippen LogP contribution in [0.1, 0.15) is 19.8 Å². The Bertz CT molecular complexity index is 492. The summed E-state index contributed by atoms with van der Waals surface area (Å²) in [5.74, 6) is -0.0347. The number of anilines is 1. The van der Waals surface area contributed by atoms with Crippen LogP contribution in [-0.2, 0) is 4.79 Å². The molecule has 0 atom stereocenters. The van der Waals surface area contributed by atoms with Crippen molar-refractivity contribution in [2.75, 3.05) is 31.5 Å². The van der Waals surface area contributed by atoms with Crippen molar-refractivity contribution in [3.05, 3.63) is 28.2 Å². The van der Waals surface area contributed by atoms with Crippen molar-refractivity contribution in [1.29, 1.82) is 0 Å². The van der Waals surface area contributed by atoms with E-state index in [4.69, 9.17) is 23.2 Å². The van der Waals surface area contributed by atoms with E-state index >= 15 is 0 Å². The van der Waals surface area contributed by atoms with Gasteiger partial charge in [-0.2, -0.15) is 0 Å². The summed E-state index contributed by atoms with van der Waals surface area (Å²) in [4.78, 5) is 14.4. The Morgan fingerprint density at radius 3 is 2.76 bits per heavy atom. The van der Waals surface area contributed by atoms with E-state index in [1.54, 1.807) is 18.2 Å². The predicted octanol–water partition coefficient (Wildman–Crippen LogP) is 3.01. The van der Waals surface area contributed by atoms with Gasteiger partial charge in [-0.15, -0.1) is 0 Å². The number of halogens is 2. The van der Waals surface area contributed by atoms with Crippen LogP contribution in [0.3, 0.4) is 0 Å². The normalized spacial score (nSPS) is 15.0. The lowest BCUT2D eigenvalue weighted by atomic mass is 10.1. The number of rotatable bonds is 7. The third-order valence-corrected chi connectivity index (χ3v) is 4.18. The highest BCUT2D eigenvalue weighted by atomic mass is 35.5. The molecule has 1 fully saturated rings. The van der Waals surface area contributed by atoms with Crippen LogP contribution in [0, 0.1) is 0 Å². The molecule has 1 aromatic rings. The molecular weight excluding hydrogens is 309 g/mol. The molecule has 1 saturated heterocycles. The third-order valence-electron chi connectivity index (χ3n) is 3.62. The second kappa shape index (κ2) is 7.99. The molecular formula is C15H21Cl2N3O. The summed E-state index contributed by atoms with van der Waals surface area (Å²) < 4.78 is 0. The minimum atomic E-state index is -0.0347. The molecule has 116 valence electrons. The Labute approximate surface area is 135 Å². The van der Waals surface area contributed by atoms with E-state index in [0.717, 1.165) is 32.6 Å². The van der Waals surface area contributed by atoms with E-state index in [1.807, 2.05) is 0 Å². The molecule has 21 heavy (non-hydrogen) atoms. The maximum atomic E-state index is 12.1. The van der Waals surface area contributed by atoms with Gasteiger partial charge in [0.1, 0.15) is 0 Å². The zero-order valence-electron chi connectivity index (χ0n) is 12.2. The first-order chi connectivity index (χ1) is 10.1. The highest BCUT2D eigenvalue weighted by Gasteiger charge is 2.24. The van der Waals surface area contributed by atoms with Crippen LogP contribution in [0.15, 0.2) is 18.2 Å². The number of carbonyl (C=O) groups excluding carboxylic acids is 1. The Morgan fingerprint density at radius 1 is 1.38 bits per heavy atom. The van der Waals surface area contributed by atoms with Crippen molar-refractivity contribution < 1.29 is 4.79 Å². The molecule has 0 saturated carbocycles. The van der Waals surface area contributed by atoms with Crippen LogP contribution in [0.5, 0.6) is 0 Å². The SMILES string of the molecule is CCCN(CCC(=O)Nc1cc(Cl)ccc1Cl)C1CNC1. The number of benzene rings is 1.